The number of hydrazine groups is 1. The highest BCUT2D eigenvalue weighted by atomic mass is 35.5. The molecular formula is C23H23ClF7N3O2. The Bertz CT molecular complexity index is 1130. The number of anilines is 1. The van der Waals surface area contributed by atoms with Gasteiger partial charge < -0.3 is 9.75 Å². The number of aryl methyl sites for hydroxylation is 2. The fourth-order valence-electron chi connectivity index (χ4n) is 3.68. The first-order valence-electron chi connectivity index (χ1n) is 10.4. The van der Waals surface area contributed by atoms with Crippen molar-refractivity contribution >= 4 is 29.0 Å². The molecule has 2 aromatic carbocycles. The molecule has 0 saturated heterocycles. The highest BCUT2D eigenvalue weighted by Gasteiger charge is 2.73. The number of nitrogens with two attached hydrogens (primary N) is 1. The molecule has 0 saturated carbocycles. The molecule has 0 aliphatic rings. The highest BCUT2D eigenvalue weighted by molar-refractivity contribution is 6.33. The summed E-state index contributed by atoms with van der Waals surface area (Å²) in [7, 11) is 1.35. The van der Waals surface area contributed by atoms with E-state index in [1.165, 1.54) is 39.1 Å². The standard InChI is InChI=1S/C23H23ClF7N3O2/c1-5-36-20(35)16-10-15(6-7-17(16)24)34(32)11-18(33-4)19-12(2)8-14(9-13(19)3)21(25,22(26,27)28)23(29,30)31/h6-10H,5,11,32H2,1-4H3. The summed E-state index contributed by atoms with van der Waals surface area (Å²) >= 11 is 6.04. The predicted octanol–water partition coefficient (Wildman–Crippen LogP) is 6.22. The summed E-state index contributed by atoms with van der Waals surface area (Å²) in [4.78, 5) is 16.2. The van der Waals surface area contributed by atoms with Crippen molar-refractivity contribution in [3.63, 3.8) is 0 Å². The summed E-state index contributed by atoms with van der Waals surface area (Å²) in [6.07, 6.45) is -12.5. The van der Waals surface area contributed by atoms with Crippen molar-refractivity contribution in [3.8, 4) is 0 Å². The maximum atomic E-state index is 14.6. The van der Waals surface area contributed by atoms with Gasteiger partial charge in [-0.3, -0.25) is 4.99 Å². The molecular weight excluding hydrogens is 519 g/mol. The Kier molecular flexibility index (Phi) is 8.67. The van der Waals surface area contributed by atoms with Gasteiger partial charge in [0.1, 0.15) is 0 Å². The SMILES string of the molecule is CCOC(=O)c1cc(N(N)CC(=NC)c2c(C)cc(C(F)(C(F)(F)F)C(F)(F)F)cc2C)ccc1Cl. The second-order valence-electron chi connectivity index (χ2n) is 7.82. The van der Waals surface area contributed by atoms with Crippen LogP contribution in [0.4, 0.5) is 36.4 Å². The monoisotopic (exact) mass is 541 g/mol. The third kappa shape index (κ3) is 5.59. The molecule has 36 heavy (non-hydrogen) atoms. The van der Waals surface area contributed by atoms with E-state index < -0.39 is 29.6 Å². The van der Waals surface area contributed by atoms with Gasteiger partial charge >= 0.3 is 24.0 Å². The van der Waals surface area contributed by atoms with Gasteiger partial charge in [0.15, 0.2) is 0 Å². The van der Waals surface area contributed by atoms with E-state index in [9.17, 15) is 35.5 Å². The van der Waals surface area contributed by atoms with Crippen molar-refractivity contribution in [2.45, 2.75) is 38.8 Å². The molecule has 0 aliphatic carbocycles. The minimum atomic E-state index is -6.23. The summed E-state index contributed by atoms with van der Waals surface area (Å²) in [6.45, 7) is 4.04. The molecule has 0 bridgehead atoms. The molecule has 198 valence electrons. The number of nitrogens with zero attached hydrogens (tertiary/aromatic N) is 2. The molecule has 2 N–H and O–H groups in total. The van der Waals surface area contributed by atoms with Crippen LogP contribution in [0.25, 0.3) is 0 Å². The van der Waals surface area contributed by atoms with Crippen molar-refractivity contribution in [2.24, 2.45) is 10.8 Å². The molecule has 0 heterocycles. The van der Waals surface area contributed by atoms with E-state index in [1.807, 2.05) is 0 Å². The maximum Gasteiger partial charge on any atom is 0.435 e. The van der Waals surface area contributed by atoms with E-state index in [0.29, 0.717) is 17.8 Å². The molecule has 0 aromatic heterocycles. The number of hydrogen-bond donors (Lipinski definition) is 1. The van der Waals surface area contributed by atoms with Crippen LogP contribution in [0.2, 0.25) is 5.02 Å². The minimum absolute atomic E-state index is 0.0387. The number of esters is 1. The number of hydrogen-bond acceptors (Lipinski definition) is 5. The fraction of sp³-hybridized carbons (Fsp3) is 0.391. The molecule has 0 radical (unpaired) electrons. The van der Waals surface area contributed by atoms with Crippen LogP contribution in [-0.4, -0.2) is 44.2 Å². The average Bonchev–Trinajstić information content (AvgIpc) is 2.75. The van der Waals surface area contributed by atoms with E-state index >= 15 is 0 Å². The van der Waals surface area contributed by atoms with E-state index in [-0.39, 0.29) is 46.1 Å². The Morgan fingerprint density at radius 1 is 1.03 bits per heavy atom. The van der Waals surface area contributed by atoms with Gasteiger partial charge in [-0.2, -0.15) is 26.3 Å². The van der Waals surface area contributed by atoms with Gasteiger partial charge in [-0.05, 0) is 50.1 Å². The molecule has 2 aromatic rings. The smallest absolute Gasteiger partial charge is 0.435 e. The Hall–Kier alpha value is -2.86. The highest BCUT2D eigenvalue weighted by Crippen LogP contribution is 2.53. The summed E-state index contributed by atoms with van der Waals surface area (Å²) in [6, 6.07) is 5.25. The van der Waals surface area contributed by atoms with Crippen molar-refractivity contribution in [1.29, 1.82) is 0 Å². The van der Waals surface area contributed by atoms with Gasteiger partial charge in [0, 0.05) is 18.2 Å². The molecule has 2 rings (SSSR count). The summed E-state index contributed by atoms with van der Waals surface area (Å²) in [5.74, 6) is 5.43. The molecule has 5 nitrogen and oxygen atoms in total. The molecule has 0 spiro atoms. The zero-order chi connectivity index (χ0) is 27.6. The number of rotatable bonds is 7. The summed E-state index contributed by atoms with van der Waals surface area (Å²) < 4.78 is 98.8. The van der Waals surface area contributed by atoms with Crippen LogP contribution in [0.5, 0.6) is 0 Å². The summed E-state index contributed by atoms with van der Waals surface area (Å²) in [5.41, 5.74) is -6.55. The average molecular weight is 542 g/mol. The lowest BCUT2D eigenvalue weighted by molar-refractivity contribution is -0.348. The molecule has 0 atom stereocenters. The Morgan fingerprint density at radius 2 is 1.56 bits per heavy atom. The van der Waals surface area contributed by atoms with Crippen molar-refractivity contribution < 1.29 is 40.3 Å². The zero-order valence-corrected chi connectivity index (χ0v) is 20.4. The van der Waals surface area contributed by atoms with Crippen LogP contribution in [0, 0.1) is 13.8 Å². The van der Waals surface area contributed by atoms with E-state index in [0.717, 1.165) is 5.01 Å². The topological polar surface area (TPSA) is 67.9 Å². The molecule has 0 amide bonds. The second-order valence-corrected chi connectivity index (χ2v) is 8.23. The van der Waals surface area contributed by atoms with E-state index in [4.69, 9.17) is 22.2 Å². The lowest BCUT2D eigenvalue weighted by Crippen LogP contribution is -2.50. The lowest BCUT2D eigenvalue weighted by atomic mass is 9.87. The number of alkyl halides is 7. The number of ether oxygens (including phenoxy) is 1. The first kappa shape index (κ1) is 29.4. The Morgan fingerprint density at radius 3 is 2.00 bits per heavy atom. The Labute approximate surface area is 207 Å². The van der Waals surface area contributed by atoms with Gasteiger partial charge in [-0.25, -0.2) is 15.0 Å². The predicted molar refractivity (Wildman–Crippen MR) is 122 cm³/mol. The van der Waals surface area contributed by atoms with Crippen molar-refractivity contribution in [3.05, 3.63) is 63.2 Å². The third-order valence-electron chi connectivity index (χ3n) is 5.37. The van der Waals surface area contributed by atoms with Crippen LogP contribution >= 0.6 is 11.6 Å². The lowest BCUT2D eigenvalue weighted by Gasteiger charge is -2.31. The number of benzene rings is 2. The first-order chi connectivity index (χ1) is 16.5. The normalized spacial score (nSPS) is 13.1. The number of halogens is 8. The zero-order valence-electron chi connectivity index (χ0n) is 19.6. The van der Waals surface area contributed by atoms with Gasteiger partial charge in [-0.15, -0.1) is 0 Å². The van der Waals surface area contributed by atoms with Gasteiger partial charge in [0.05, 0.1) is 35.1 Å². The molecule has 0 unspecified atom stereocenters. The largest absolute Gasteiger partial charge is 0.462 e. The van der Waals surface area contributed by atoms with Crippen molar-refractivity contribution in [2.75, 3.05) is 25.2 Å². The van der Waals surface area contributed by atoms with E-state index in [1.54, 1.807) is 6.92 Å². The van der Waals surface area contributed by atoms with Crippen LogP contribution < -0.4 is 10.9 Å². The fourth-order valence-corrected chi connectivity index (χ4v) is 3.87. The Balaban J connectivity index is 2.48. The minimum Gasteiger partial charge on any atom is -0.462 e. The first-order valence-corrected chi connectivity index (χ1v) is 10.8. The molecule has 13 heteroatoms. The van der Waals surface area contributed by atoms with Gasteiger partial charge in [0.2, 0.25) is 0 Å². The maximum absolute atomic E-state index is 14.6. The van der Waals surface area contributed by atoms with E-state index in [2.05, 4.69) is 4.99 Å². The quantitative estimate of drug-likeness (QED) is 0.148. The van der Waals surface area contributed by atoms with Crippen LogP contribution in [0.15, 0.2) is 35.3 Å². The van der Waals surface area contributed by atoms with Crippen LogP contribution in [-0.2, 0) is 10.4 Å². The number of aliphatic imine (C=N–C) groups is 1. The van der Waals surface area contributed by atoms with Crippen LogP contribution in [0.3, 0.4) is 0 Å². The van der Waals surface area contributed by atoms with Crippen LogP contribution in [0.1, 0.15) is 39.5 Å². The molecule has 0 aliphatic heterocycles. The molecule has 0 fully saturated rings. The second kappa shape index (κ2) is 10.6. The van der Waals surface area contributed by atoms with Gasteiger partial charge in [-0.1, -0.05) is 23.7 Å². The number of carbonyl (C=O) groups is 1. The number of carbonyl (C=O) groups excluding carboxylic acids is 1. The summed E-state index contributed by atoms with van der Waals surface area (Å²) in [5, 5.41) is 1.26. The third-order valence-corrected chi connectivity index (χ3v) is 5.70. The van der Waals surface area contributed by atoms with Gasteiger partial charge in [0.25, 0.3) is 0 Å². The van der Waals surface area contributed by atoms with Crippen molar-refractivity contribution in [1.82, 2.24) is 0 Å².